The molecule has 1 saturated heterocycles. The van der Waals surface area contributed by atoms with Gasteiger partial charge in [-0.15, -0.1) is 0 Å². The Hall–Kier alpha value is -1.70. The molecule has 7 nitrogen and oxygen atoms in total. The molecule has 1 unspecified atom stereocenters. The fraction of sp³-hybridized carbons (Fsp3) is 0.500. The van der Waals surface area contributed by atoms with Crippen LogP contribution in [0.5, 0.6) is 5.88 Å². The Bertz CT molecular complexity index is 488. The van der Waals surface area contributed by atoms with E-state index in [0.717, 1.165) is 0 Å². The average Bonchev–Trinajstić information content (AvgIpc) is 2.94. The number of hydrogen-bond acceptors (Lipinski definition) is 7. The number of methoxy groups -OCH3 is 1. The Labute approximate surface area is 110 Å². The van der Waals surface area contributed by atoms with Crippen LogP contribution in [0.4, 0.5) is 5.82 Å². The summed E-state index contributed by atoms with van der Waals surface area (Å²) in [6.07, 6.45) is 3.79. The molecule has 1 aromatic rings. The van der Waals surface area contributed by atoms with Crippen molar-refractivity contribution in [3.8, 4) is 5.88 Å². The third-order valence-corrected chi connectivity index (χ3v) is 3.02. The molecule has 0 bridgehead atoms. The fourth-order valence-corrected chi connectivity index (χ4v) is 2.07. The van der Waals surface area contributed by atoms with Gasteiger partial charge < -0.3 is 24.2 Å². The normalized spacial score (nSPS) is 22.6. The van der Waals surface area contributed by atoms with E-state index in [1.807, 2.05) is 0 Å². The molecule has 2 aliphatic heterocycles. The zero-order chi connectivity index (χ0) is 13.2. The summed E-state index contributed by atoms with van der Waals surface area (Å²) in [5.41, 5.74) is 0.684. The first-order valence-corrected chi connectivity index (χ1v) is 6.05. The molecule has 0 spiro atoms. The van der Waals surface area contributed by atoms with E-state index in [9.17, 15) is 5.11 Å². The van der Waals surface area contributed by atoms with Crippen LogP contribution in [0.25, 0.3) is 6.08 Å². The molecule has 19 heavy (non-hydrogen) atoms. The van der Waals surface area contributed by atoms with Gasteiger partial charge in [0.15, 0.2) is 12.1 Å². The summed E-state index contributed by atoms with van der Waals surface area (Å²) in [7, 11) is 1.53. The highest BCUT2D eigenvalue weighted by Crippen LogP contribution is 2.27. The minimum absolute atomic E-state index is 0.359. The molecule has 2 aliphatic rings. The highest BCUT2D eigenvalue weighted by molar-refractivity contribution is 5.65. The third kappa shape index (κ3) is 2.40. The number of fused-ring (bicyclic) bond motifs is 1. The van der Waals surface area contributed by atoms with Gasteiger partial charge in [0.2, 0.25) is 5.88 Å². The van der Waals surface area contributed by atoms with Crippen molar-refractivity contribution in [3.05, 3.63) is 18.0 Å². The van der Waals surface area contributed by atoms with E-state index >= 15 is 0 Å². The van der Waals surface area contributed by atoms with Gasteiger partial charge in [0, 0.05) is 0 Å². The largest absolute Gasteiger partial charge is 0.480 e. The first kappa shape index (κ1) is 12.3. The molecule has 3 heterocycles. The fourth-order valence-electron chi connectivity index (χ4n) is 2.07. The van der Waals surface area contributed by atoms with Crippen LogP contribution in [0.3, 0.4) is 0 Å². The van der Waals surface area contributed by atoms with Crippen molar-refractivity contribution in [1.82, 2.24) is 9.97 Å². The molecular formula is C12H15N3O4. The molecule has 1 N–H and O–H groups in total. The van der Waals surface area contributed by atoms with Crippen molar-refractivity contribution in [2.24, 2.45) is 0 Å². The second kappa shape index (κ2) is 5.12. The van der Waals surface area contributed by atoms with Gasteiger partial charge in [0.1, 0.15) is 11.9 Å². The zero-order valence-corrected chi connectivity index (χ0v) is 10.5. The van der Waals surface area contributed by atoms with Gasteiger partial charge in [-0.05, 0) is 12.2 Å². The Morgan fingerprint density at radius 1 is 1.47 bits per heavy atom. The number of anilines is 1. The lowest BCUT2D eigenvalue weighted by Crippen LogP contribution is -2.42. The first-order valence-electron chi connectivity index (χ1n) is 6.05. The molecule has 0 aromatic carbocycles. The summed E-state index contributed by atoms with van der Waals surface area (Å²) in [5, 5.41) is 10.1. The van der Waals surface area contributed by atoms with Crippen molar-refractivity contribution in [3.63, 3.8) is 0 Å². The Balaban J connectivity index is 1.88. The summed E-state index contributed by atoms with van der Waals surface area (Å²) in [6.45, 7) is 1.53. The number of nitrogens with zero attached hydrogens (tertiary/aromatic N) is 3. The summed E-state index contributed by atoms with van der Waals surface area (Å²) in [6, 6.07) is 0. The van der Waals surface area contributed by atoms with E-state index in [-0.39, 0.29) is 6.29 Å². The van der Waals surface area contributed by atoms with Crippen LogP contribution >= 0.6 is 0 Å². The lowest BCUT2D eigenvalue weighted by molar-refractivity contribution is -0.0384. The van der Waals surface area contributed by atoms with Crippen LogP contribution in [-0.2, 0) is 9.47 Å². The lowest BCUT2D eigenvalue weighted by atomic mass is 10.2. The van der Waals surface area contributed by atoms with Crippen molar-refractivity contribution in [1.29, 1.82) is 0 Å². The van der Waals surface area contributed by atoms with E-state index in [1.165, 1.54) is 7.11 Å². The smallest absolute Gasteiger partial charge is 0.234 e. The van der Waals surface area contributed by atoms with Gasteiger partial charge in [-0.1, -0.05) is 0 Å². The zero-order valence-electron chi connectivity index (χ0n) is 10.5. The first-order chi connectivity index (χ1) is 9.28. The standard InChI is InChI=1S/C12H15N3O4/c1-17-9-6-13-8-2-3-10(16)15(12(8)14-9)7-11-18-4-5-19-11/h2-3,6,10-11,16H,4-5,7H2,1H3. The maximum atomic E-state index is 10.1. The Morgan fingerprint density at radius 2 is 2.26 bits per heavy atom. The molecule has 0 saturated carbocycles. The number of hydrogen-bond donors (Lipinski definition) is 1. The van der Waals surface area contributed by atoms with Gasteiger partial charge in [-0.3, -0.25) is 0 Å². The van der Waals surface area contributed by atoms with E-state index < -0.39 is 6.23 Å². The number of rotatable bonds is 3. The molecular weight excluding hydrogens is 250 g/mol. The predicted octanol–water partition coefficient (Wildman–Crippen LogP) is 0.00970. The SMILES string of the molecule is COc1cnc2c(n1)N(CC1OCCO1)C(O)C=C2. The lowest BCUT2D eigenvalue weighted by Gasteiger charge is -2.32. The number of ether oxygens (including phenoxy) is 3. The van der Waals surface area contributed by atoms with Crippen LogP contribution in [0.15, 0.2) is 12.3 Å². The molecule has 3 rings (SSSR count). The van der Waals surface area contributed by atoms with Crippen LogP contribution in [0, 0.1) is 0 Å². The van der Waals surface area contributed by atoms with E-state index in [0.29, 0.717) is 37.2 Å². The van der Waals surface area contributed by atoms with Gasteiger partial charge in [-0.25, -0.2) is 4.98 Å². The average molecular weight is 265 g/mol. The second-order valence-electron chi connectivity index (χ2n) is 4.22. The number of aliphatic hydroxyl groups excluding tert-OH is 1. The number of aromatic nitrogens is 2. The van der Waals surface area contributed by atoms with Crippen molar-refractivity contribution in [2.45, 2.75) is 12.5 Å². The van der Waals surface area contributed by atoms with Gasteiger partial charge >= 0.3 is 0 Å². The van der Waals surface area contributed by atoms with Crippen LogP contribution in [-0.4, -0.2) is 54.5 Å². The quantitative estimate of drug-likeness (QED) is 0.824. The minimum Gasteiger partial charge on any atom is -0.480 e. The Morgan fingerprint density at radius 3 is 3.00 bits per heavy atom. The van der Waals surface area contributed by atoms with Crippen molar-refractivity contribution < 1.29 is 19.3 Å². The minimum atomic E-state index is -0.776. The van der Waals surface area contributed by atoms with Gasteiger partial charge in [0.05, 0.1) is 33.1 Å². The molecule has 7 heteroatoms. The van der Waals surface area contributed by atoms with Gasteiger partial charge in [-0.2, -0.15) is 4.98 Å². The number of aliphatic hydroxyl groups is 1. The summed E-state index contributed by atoms with van der Waals surface area (Å²) >= 11 is 0. The summed E-state index contributed by atoms with van der Waals surface area (Å²) in [5.74, 6) is 0.966. The van der Waals surface area contributed by atoms with Crippen LogP contribution in [0.2, 0.25) is 0 Å². The highest BCUT2D eigenvalue weighted by Gasteiger charge is 2.28. The molecule has 0 radical (unpaired) electrons. The predicted molar refractivity (Wildman–Crippen MR) is 66.7 cm³/mol. The van der Waals surface area contributed by atoms with E-state index in [2.05, 4.69) is 9.97 Å². The van der Waals surface area contributed by atoms with E-state index in [1.54, 1.807) is 23.2 Å². The van der Waals surface area contributed by atoms with Crippen LogP contribution < -0.4 is 9.64 Å². The van der Waals surface area contributed by atoms with E-state index in [4.69, 9.17) is 14.2 Å². The topological polar surface area (TPSA) is 76.9 Å². The summed E-state index contributed by atoms with van der Waals surface area (Å²) in [4.78, 5) is 10.2. The molecule has 1 atom stereocenters. The molecule has 1 aromatic heterocycles. The van der Waals surface area contributed by atoms with Gasteiger partial charge in [0.25, 0.3) is 0 Å². The van der Waals surface area contributed by atoms with Crippen molar-refractivity contribution >= 4 is 11.9 Å². The third-order valence-electron chi connectivity index (χ3n) is 3.02. The molecule has 102 valence electrons. The maximum Gasteiger partial charge on any atom is 0.234 e. The second-order valence-corrected chi connectivity index (χ2v) is 4.22. The Kier molecular flexibility index (Phi) is 3.33. The maximum absolute atomic E-state index is 10.1. The van der Waals surface area contributed by atoms with Crippen molar-refractivity contribution in [2.75, 3.05) is 31.8 Å². The highest BCUT2D eigenvalue weighted by atomic mass is 16.7. The molecule has 0 amide bonds. The molecule has 1 fully saturated rings. The van der Waals surface area contributed by atoms with Crippen LogP contribution in [0.1, 0.15) is 5.69 Å². The summed E-state index contributed by atoms with van der Waals surface area (Å²) < 4.78 is 15.9. The molecule has 0 aliphatic carbocycles. The monoisotopic (exact) mass is 265 g/mol.